The second-order valence-electron chi connectivity index (χ2n) is 5.21. The van der Waals surface area contributed by atoms with Gasteiger partial charge in [-0.2, -0.15) is 0 Å². The van der Waals surface area contributed by atoms with Gasteiger partial charge in [0, 0.05) is 18.5 Å². The minimum absolute atomic E-state index is 0.161. The number of carbonyl (C=O) groups is 1. The predicted molar refractivity (Wildman–Crippen MR) is 88.8 cm³/mol. The number of amides is 1. The van der Waals surface area contributed by atoms with E-state index in [-0.39, 0.29) is 5.91 Å². The summed E-state index contributed by atoms with van der Waals surface area (Å²) in [6.45, 7) is 0. The Labute approximate surface area is 136 Å². The molecule has 6 heteroatoms. The van der Waals surface area contributed by atoms with Crippen LogP contribution >= 0.6 is 0 Å². The van der Waals surface area contributed by atoms with Gasteiger partial charge >= 0.3 is 0 Å². The fourth-order valence-corrected chi connectivity index (χ4v) is 2.32. The van der Waals surface area contributed by atoms with Crippen molar-refractivity contribution in [2.75, 3.05) is 33.6 Å². The molecule has 1 atom stereocenters. The quantitative estimate of drug-likeness (QED) is 0.886. The maximum Gasteiger partial charge on any atom is 0.246 e. The predicted octanol–water partition coefficient (Wildman–Crippen LogP) is 2.34. The van der Waals surface area contributed by atoms with Crippen molar-refractivity contribution in [2.24, 2.45) is 0 Å². The monoisotopic (exact) mass is 315 g/mol. The number of carbonyl (C=O) groups excluding carboxylic acids is 1. The van der Waals surface area contributed by atoms with Gasteiger partial charge in [-0.3, -0.25) is 14.7 Å². The molecule has 1 unspecified atom stereocenters. The number of ether oxygens (including phenoxy) is 2. The highest BCUT2D eigenvalue weighted by Gasteiger charge is 2.24. The summed E-state index contributed by atoms with van der Waals surface area (Å²) in [6.07, 6.45) is 3.37. The Hall–Kier alpha value is -2.60. The fraction of sp³-hybridized carbons (Fsp3) is 0.294. The molecule has 1 N–H and O–H groups in total. The number of benzene rings is 1. The zero-order chi connectivity index (χ0) is 16.8. The van der Waals surface area contributed by atoms with Crippen molar-refractivity contribution in [3.05, 3.63) is 48.3 Å². The summed E-state index contributed by atoms with van der Waals surface area (Å²) in [5.74, 6) is 1.05. The van der Waals surface area contributed by atoms with E-state index in [1.807, 2.05) is 31.1 Å². The van der Waals surface area contributed by atoms with Crippen molar-refractivity contribution < 1.29 is 14.3 Å². The molecule has 0 bridgehead atoms. The molecule has 1 amide bonds. The van der Waals surface area contributed by atoms with Crippen LogP contribution in [0.15, 0.2) is 42.7 Å². The average Bonchev–Trinajstić information content (AvgIpc) is 2.56. The van der Waals surface area contributed by atoms with Crippen molar-refractivity contribution >= 4 is 11.6 Å². The third-order valence-corrected chi connectivity index (χ3v) is 3.43. The summed E-state index contributed by atoms with van der Waals surface area (Å²) in [6, 6.07) is 8.49. The van der Waals surface area contributed by atoms with Crippen LogP contribution in [-0.4, -0.2) is 44.1 Å². The molecule has 0 aliphatic rings. The highest BCUT2D eigenvalue weighted by atomic mass is 16.5. The van der Waals surface area contributed by atoms with Crippen LogP contribution in [0.3, 0.4) is 0 Å². The molecule has 0 fully saturated rings. The molecule has 2 rings (SSSR count). The number of nitrogens with one attached hydrogen (secondary N) is 1. The second kappa shape index (κ2) is 7.60. The lowest BCUT2D eigenvalue weighted by molar-refractivity contribution is -0.120. The molecule has 6 nitrogen and oxygen atoms in total. The van der Waals surface area contributed by atoms with Gasteiger partial charge in [-0.25, -0.2) is 0 Å². The number of aromatic nitrogens is 1. The first-order valence-electron chi connectivity index (χ1n) is 7.16. The molecule has 0 saturated heterocycles. The SMILES string of the molecule is COc1ccc(NC(=O)C(c2cccnc2)N(C)C)c(OC)c1. The van der Waals surface area contributed by atoms with Gasteiger partial charge in [0.25, 0.3) is 0 Å². The fourth-order valence-electron chi connectivity index (χ4n) is 2.32. The molecule has 0 aliphatic carbocycles. The lowest BCUT2D eigenvalue weighted by Crippen LogP contribution is -2.32. The lowest BCUT2D eigenvalue weighted by Gasteiger charge is -2.24. The maximum atomic E-state index is 12.7. The first-order chi connectivity index (χ1) is 11.1. The first-order valence-corrected chi connectivity index (χ1v) is 7.16. The van der Waals surface area contributed by atoms with E-state index in [0.29, 0.717) is 17.2 Å². The number of likely N-dealkylation sites (N-methyl/N-ethyl adjacent to an activating group) is 1. The molecule has 0 saturated carbocycles. The topological polar surface area (TPSA) is 63.7 Å². The van der Waals surface area contributed by atoms with Crippen molar-refractivity contribution in [2.45, 2.75) is 6.04 Å². The largest absolute Gasteiger partial charge is 0.497 e. The van der Waals surface area contributed by atoms with E-state index in [2.05, 4.69) is 10.3 Å². The van der Waals surface area contributed by atoms with Gasteiger partial charge in [-0.15, -0.1) is 0 Å². The van der Waals surface area contributed by atoms with Crippen LogP contribution in [0.5, 0.6) is 11.5 Å². The van der Waals surface area contributed by atoms with Gasteiger partial charge in [-0.1, -0.05) is 6.07 Å². The third-order valence-electron chi connectivity index (χ3n) is 3.43. The van der Waals surface area contributed by atoms with E-state index in [1.54, 1.807) is 44.8 Å². The lowest BCUT2D eigenvalue weighted by atomic mass is 10.1. The van der Waals surface area contributed by atoms with Crippen LogP contribution in [0.2, 0.25) is 0 Å². The summed E-state index contributed by atoms with van der Waals surface area (Å²) < 4.78 is 10.5. The number of hydrogen-bond donors (Lipinski definition) is 1. The zero-order valence-electron chi connectivity index (χ0n) is 13.7. The van der Waals surface area contributed by atoms with Crippen LogP contribution in [0, 0.1) is 0 Å². The molecule has 1 aromatic heterocycles. The normalized spacial score (nSPS) is 11.9. The molecular weight excluding hydrogens is 294 g/mol. The highest BCUT2D eigenvalue weighted by Crippen LogP contribution is 2.30. The first kappa shape index (κ1) is 16.8. The van der Waals surface area contributed by atoms with Crippen molar-refractivity contribution in [3.63, 3.8) is 0 Å². The van der Waals surface area contributed by atoms with Crippen LogP contribution in [0.4, 0.5) is 5.69 Å². The molecule has 0 aliphatic heterocycles. The maximum absolute atomic E-state index is 12.7. The number of methoxy groups -OCH3 is 2. The molecule has 122 valence electrons. The zero-order valence-corrected chi connectivity index (χ0v) is 13.7. The van der Waals surface area contributed by atoms with Crippen molar-refractivity contribution in [1.82, 2.24) is 9.88 Å². The van der Waals surface area contributed by atoms with Crippen LogP contribution in [0.1, 0.15) is 11.6 Å². The van der Waals surface area contributed by atoms with E-state index < -0.39 is 6.04 Å². The summed E-state index contributed by atoms with van der Waals surface area (Å²) in [7, 11) is 6.83. The van der Waals surface area contributed by atoms with Gasteiger partial charge < -0.3 is 14.8 Å². The Bertz CT molecular complexity index is 659. The Morgan fingerprint density at radius 2 is 2.00 bits per heavy atom. The Balaban J connectivity index is 2.26. The molecule has 1 aromatic carbocycles. The van der Waals surface area contributed by atoms with Crippen LogP contribution < -0.4 is 14.8 Å². The number of anilines is 1. The number of hydrogen-bond acceptors (Lipinski definition) is 5. The number of pyridine rings is 1. The Morgan fingerprint density at radius 1 is 1.22 bits per heavy atom. The minimum Gasteiger partial charge on any atom is -0.497 e. The summed E-state index contributed by atoms with van der Waals surface area (Å²) >= 11 is 0. The van der Waals surface area contributed by atoms with E-state index in [0.717, 1.165) is 5.56 Å². The highest BCUT2D eigenvalue weighted by molar-refractivity contribution is 5.96. The summed E-state index contributed by atoms with van der Waals surface area (Å²) in [4.78, 5) is 18.6. The van der Waals surface area contributed by atoms with Crippen molar-refractivity contribution in [1.29, 1.82) is 0 Å². The van der Waals surface area contributed by atoms with Gasteiger partial charge in [0.1, 0.15) is 17.5 Å². The number of nitrogens with zero attached hydrogens (tertiary/aromatic N) is 2. The van der Waals surface area contributed by atoms with Gasteiger partial charge in [0.15, 0.2) is 0 Å². The molecule has 2 aromatic rings. The van der Waals surface area contributed by atoms with Crippen LogP contribution in [-0.2, 0) is 4.79 Å². The van der Waals surface area contributed by atoms with E-state index in [9.17, 15) is 4.79 Å². The van der Waals surface area contributed by atoms with Gasteiger partial charge in [-0.05, 0) is 37.9 Å². The van der Waals surface area contributed by atoms with Crippen molar-refractivity contribution in [3.8, 4) is 11.5 Å². The summed E-state index contributed by atoms with van der Waals surface area (Å²) in [5.41, 5.74) is 1.41. The Kier molecular flexibility index (Phi) is 5.54. The summed E-state index contributed by atoms with van der Waals surface area (Å²) in [5, 5.41) is 2.90. The second-order valence-corrected chi connectivity index (χ2v) is 5.21. The average molecular weight is 315 g/mol. The molecule has 23 heavy (non-hydrogen) atoms. The van der Waals surface area contributed by atoms with E-state index >= 15 is 0 Å². The third kappa shape index (κ3) is 3.98. The van der Waals surface area contributed by atoms with Gasteiger partial charge in [0.2, 0.25) is 5.91 Å². The standard InChI is InChI=1S/C17H21N3O3/c1-20(2)16(12-6-5-9-18-11-12)17(21)19-14-8-7-13(22-3)10-15(14)23-4/h5-11,16H,1-4H3,(H,19,21). The molecular formula is C17H21N3O3. The van der Waals surface area contributed by atoms with E-state index in [4.69, 9.17) is 9.47 Å². The minimum atomic E-state index is -0.449. The number of rotatable bonds is 6. The molecule has 0 spiro atoms. The molecule has 1 heterocycles. The Morgan fingerprint density at radius 3 is 2.57 bits per heavy atom. The molecule has 0 radical (unpaired) electrons. The van der Waals surface area contributed by atoms with Gasteiger partial charge in [0.05, 0.1) is 19.9 Å². The van der Waals surface area contributed by atoms with Crippen LogP contribution in [0.25, 0.3) is 0 Å². The van der Waals surface area contributed by atoms with E-state index in [1.165, 1.54) is 0 Å². The smallest absolute Gasteiger partial charge is 0.246 e.